The molecule has 0 radical (unpaired) electrons. The standard InChI is InChI=1S/C11H12ClNO2/c1-8(14)13-11(10(15)7-12)9-5-3-2-4-6-9/h2-6,11H,7H2,1H3,(H,13,14). The number of alkyl halides is 1. The second-order valence-electron chi connectivity index (χ2n) is 3.14. The number of hydrogen-bond acceptors (Lipinski definition) is 2. The highest BCUT2D eigenvalue weighted by Crippen LogP contribution is 2.14. The number of carbonyl (C=O) groups excluding carboxylic acids is 2. The predicted molar refractivity (Wildman–Crippen MR) is 58.7 cm³/mol. The van der Waals surface area contributed by atoms with Gasteiger partial charge in [-0.15, -0.1) is 11.6 Å². The molecule has 1 unspecified atom stereocenters. The number of nitrogens with one attached hydrogen (secondary N) is 1. The Balaban J connectivity index is 2.91. The van der Waals surface area contributed by atoms with Crippen LogP contribution in [0.3, 0.4) is 0 Å². The zero-order chi connectivity index (χ0) is 11.3. The molecule has 0 heterocycles. The van der Waals surface area contributed by atoms with E-state index in [1.165, 1.54) is 6.92 Å². The molecule has 0 fully saturated rings. The number of Topliss-reactive ketones (excluding diaryl/α,β-unsaturated/α-hetero) is 1. The summed E-state index contributed by atoms with van der Waals surface area (Å²) in [4.78, 5) is 22.4. The summed E-state index contributed by atoms with van der Waals surface area (Å²) < 4.78 is 0. The minimum absolute atomic E-state index is 0.111. The van der Waals surface area contributed by atoms with Crippen molar-refractivity contribution in [3.63, 3.8) is 0 Å². The van der Waals surface area contributed by atoms with E-state index in [1.54, 1.807) is 12.1 Å². The number of ketones is 1. The maximum Gasteiger partial charge on any atom is 0.217 e. The molecule has 15 heavy (non-hydrogen) atoms. The topological polar surface area (TPSA) is 46.2 Å². The van der Waals surface area contributed by atoms with Gasteiger partial charge in [-0.05, 0) is 5.56 Å². The van der Waals surface area contributed by atoms with Gasteiger partial charge in [-0.2, -0.15) is 0 Å². The third-order valence-corrected chi connectivity index (χ3v) is 2.20. The van der Waals surface area contributed by atoms with E-state index in [4.69, 9.17) is 11.6 Å². The van der Waals surface area contributed by atoms with Crippen molar-refractivity contribution in [1.29, 1.82) is 0 Å². The molecule has 1 amide bonds. The normalized spacial score (nSPS) is 11.9. The Morgan fingerprint density at radius 2 is 1.93 bits per heavy atom. The first-order valence-electron chi connectivity index (χ1n) is 4.56. The first kappa shape index (κ1) is 11.7. The maximum atomic E-state index is 11.5. The average Bonchev–Trinajstić information content (AvgIpc) is 2.26. The number of benzene rings is 1. The highest BCUT2D eigenvalue weighted by Gasteiger charge is 2.19. The Morgan fingerprint density at radius 3 is 2.40 bits per heavy atom. The Kier molecular flexibility index (Phi) is 4.31. The summed E-state index contributed by atoms with van der Waals surface area (Å²) >= 11 is 5.48. The van der Waals surface area contributed by atoms with Gasteiger partial charge in [-0.3, -0.25) is 9.59 Å². The van der Waals surface area contributed by atoms with Crippen molar-refractivity contribution in [1.82, 2.24) is 5.32 Å². The van der Waals surface area contributed by atoms with Crippen LogP contribution in [0.5, 0.6) is 0 Å². The van der Waals surface area contributed by atoms with Crippen molar-refractivity contribution < 1.29 is 9.59 Å². The lowest BCUT2D eigenvalue weighted by Gasteiger charge is -2.15. The van der Waals surface area contributed by atoms with Crippen LogP contribution in [0, 0.1) is 0 Å². The van der Waals surface area contributed by atoms with E-state index in [2.05, 4.69) is 5.32 Å². The molecule has 1 aromatic carbocycles. The summed E-state index contributed by atoms with van der Waals surface area (Å²) in [6.45, 7) is 1.37. The smallest absolute Gasteiger partial charge is 0.217 e. The van der Waals surface area contributed by atoms with Crippen LogP contribution >= 0.6 is 11.6 Å². The first-order valence-corrected chi connectivity index (χ1v) is 5.09. The Hall–Kier alpha value is -1.35. The van der Waals surface area contributed by atoms with Crippen molar-refractivity contribution in [3.8, 4) is 0 Å². The quantitative estimate of drug-likeness (QED) is 0.793. The third kappa shape index (κ3) is 3.36. The van der Waals surface area contributed by atoms with Crippen LogP contribution in [0.4, 0.5) is 0 Å². The molecule has 0 spiro atoms. The number of rotatable bonds is 4. The largest absolute Gasteiger partial charge is 0.342 e. The number of amides is 1. The molecule has 0 saturated heterocycles. The minimum atomic E-state index is -0.638. The second kappa shape index (κ2) is 5.51. The molecule has 0 bridgehead atoms. The molecule has 0 aromatic heterocycles. The van der Waals surface area contributed by atoms with Gasteiger partial charge < -0.3 is 5.32 Å². The molecule has 1 N–H and O–H groups in total. The molecule has 0 aliphatic heterocycles. The molecule has 4 heteroatoms. The Bertz CT molecular complexity index is 351. The lowest BCUT2D eigenvalue weighted by molar-refractivity contribution is -0.125. The zero-order valence-electron chi connectivity index (χ0n) is 8.37. The van der Waals surface area contributed by atoms with E-state index in [9.17, 15) is 9.59 Å². The molecule has 0 aliphatic rings. The van der Waals surface area contributed by atoms with Gasteiger partial charge in [0.05, 0.1) is 5.88 Å². The number of carbonyl (C=O) groups is 2. The minimum Gasteiger partial charge on any atom is -0.342 e. The highest BCUT2D eigenvalue weighted by molar-refractivity contribution is 6.28. The monoisotopic (exact) mass is 225 g/mol. The first-order chi connectivity index (χ1) is 7.15. The van der Waals surface area contributed by atoms with E-state index < -0.39 is 6.04 Å². The number of hydrogen-bond donors (Lipinski definition) is 1. The zero-order valence-corrected chi connectivity index (χ0v) is 9.12. The van der Waals surface area contributed by atoms with Crippen molar-refractivity contribution in [3.05, 3.63) is 35.9 Å². The summed E-state index contributed by atoms with van der Waals surface area (Å²) in [5.41, 5.74) is 0.748. The fourth-order valence-corrected chi connectivity index (χ4v) is 1.43. The summed E-state index contributed by atoms with van der Waals surface area (Å²) in [6.07, 6.45) is 0. The predicted octanol–water partition coefficient (Wildman–Crippen LogP) is 1.67. The lowest BCUT2D eigenvalue weighted by Crippen LogP contribution is -2.32. The molecule has 1 rings (SSSR count). The fraction of sp³-hybridized carbons (Fsp3) is 0.273. The van der Waals surface area contributed by atoms with Crippen molar-refractivity contribution in [2.24, 2.45) is 0 Å². The van der Waals surface area contributed by atoms with Gasteiger partial charge in [0.2, 0.25) is 5.91 Å². The second-order valence-corrected chi connectivity index (χ2v) is 3.41. The van der Waals surface area contributed by atoms with Crippen LogP contribution in [0.1, 0.15) is 18.5 Å². The van der Waals surface area contributed by atoms with Crippen LogP contribution in [0.25, 0.3) is 0 Å². The van der Waals surface area contributed by atoms with Gasteiger partial charge in [-0.25, -0.2) is 0 Å². The summed E-state index contributed by atoms with van der Waals surface area (Å²) in [6, 6.07) is 8.40. The van der Waals surface area contributed by atoms with Crippen molar-refractivity contribution >= 4 is 23.3 Å². The van der Waals surface area contributed by atoms with Crippen LogP contribution in [-0.4, -0.2) is 17.6 Å². The average molecular weight is 226 g/mol. The summed E-state index contributed by atoms with van der Waals surface area (Å²) in [5.74, 6) is -0.569. The molecule has 0 aliphatic carbocycles. The van der Waals surface area contributed by atoms with E-state index in [0.29, 0.717) is 0 Å². The van der Waals surface area contributed by atoms with E-state index in [1.807, 2.05) is 18.2 Å². The van der Waals surface area contributed by atoms with Crippen LogP contribution in [0.15, 0.2) is 30.3 Å². The Labute approximate surface area is 93.4 Å². The molecular weight excluding hydrogens is 214 g/mol. The highest BCUT2D eigenvalue weighted by atomic mass is 35.5. The summed E-state index contributed by atoms with van der Waals surface area (Å²) in [7, 11) is 0. The van der Waals surface area contributed by atoms with Gasteiger partial charge in [0, 0.05) is 6.92 Å². The van der Waals surface area contributed by atoms with E-state index in [-0.39, 0.29) is 17.6 Å². The van der Waals surface area contributed by atoms with E-state index in [0.717, 1.165) is 5.56 Å². The molecule has 1 atom stereocenters. The third-order valence-electron chi connectivity index (χ3n) is 1.93. The number of halogens is 1. The SMILES string of the molecule is CC(=O)NC(C(=O)CCl)c1ccccc1. The Morgan fingerprint density at radius 1 is 1.33 bits per heavy atom. The molecule has 80 valence electrons. The van der Waals surface area contributed by atoms with Gasteiger partial charge in [0.25, 0.3) is 0 Å². The van der Waals surface area contributed by atoms with Crippen molar-refractivity contribution in [2.75, 3.05) is 5.88 Å². The molecule has 3 nitrogen and oxygen atoms in total. The molecular formula is C11H12ClNO2. The fourth-order valence-electron chi connectivity index (χ4n) is 1.28. The van der Waals surface area contributed by atoms with Gasteiger partial charge >= 0.3 is 0 Å². The van der Waals surface area contributed by atoms with Gasteiger partial charge in [0.1, 0.15) is 6.04 Å². The van der Waals surface area contributed by atoms with Crippen molar-refractivity contribution in [2.45, 2.75) is 13.0 Å². The lowest BCUT2D eigenvalue weighted by atomic mass is 10.0. The van der Waals surface area contributed by atoms with Gasteiger partial charge in [-0.1, -0.05) is 30.3 Å². The molecule has 1 aromatic rings. The van der Waals surface area contributed by atoms with Gasteiger partial charge in [0.15, 0.2) is 5.78 Å². The van der Waals surface area contributed by atoms with E-state index >= 15 is 0 Å². The maximum absolute atomic E-state index is 11.5. The van der Waals surface area contributed by atoms with Crippen LogP contribution < -0.4 is 5.32 Å². The molecule has 0 saturated carbocycles. The summed E-state index contributed by atoms with van der Waals surface area (Å²) in [5, 5.41) is 2.57. The van der Waals surface area contributed by atoms with Crippen LogP contribution in [0.2, 0.25) is 0 Å². The van der Waals surface area contributed by atoms with Crippen LogP contribution in [-0.2, 0) is 9.59 Å².